The molecule has 0 fully saturated rings. The van der Waals surface area contributed by atoms with E-state index < -0.39 is 11.7 Å². The summed E-state index contributed by atoms with van der Waals surface area (Å²) in [6.45, 7) is 8.24. The number of rotatable bonds is 6. The van der Waals surface area contributed by atoms with Crippen LogP contribution in [0.4, 0.5) is 15.9 Å². The number of amides is 1. The number of alkyl halides is 1. The number of aromatic nitrogens is 1. The first-order chi connectivity index (χ1) is 14.5. The number of benzene rings is 1. The lowest BCUT2D eigenvalue weighted by Crippen LogP contribution is -2.42. The van der Waals surface area contributed by atoms with E-state index in [9.17, 15) is 14.0 Å². The molecule has 1 amide bonds. The molecule has 7 nitrogen and oxygen atoms in total. The van der Waals surface area contributed by atoms with Crippen molar-refractivity contribution >= 4 is 33.3 Å². The molecule has 168 valence electrons. The van der Waals surface area contributed by atoms with Gasteiger partial charge in [0.25, 0.3) is 11.5 Å². The fourth-order valence-electron chi connectivity index (χ4n) is 3.45. The lowest BCUT2D eigenvalue weighted by Gasteiger charge is -2.33. The number of nitrogens with one attached hydrogen (secondary N) is 1. The Labute approximate surface area is 189 Å². The van der Waals surface area contributed by atoms with Gasteiger partial charge in [0.15, 0.2) is 0 Å². The highest BCUT2D eigenvalue weighted by Crippen LogP contribution is 2.38. The molecule has 0 saturated heterocycles. The highest BCUT2D eigenvalue weighted by atomic mass is 79.9. The van der Waals surface area contributed by atoms with E-state index in [0.29, 0.717) is 17.7 Å². The van der Waals surface area contributed by atoms with Crippen LogP contribution in [0.25, 0.3) is 0 Å². The van der Waals surface area contributed by atoms with Gasteiger partial charge in [-0.15, -0.1) is 0 Å². The molecule has 0 spiro atoms. The molecule has 1 aliphatic heterocycles. The van der Waals surface area contributed by atoms with Crippen LogP contribution in [-0.2, 0) is 16.6 Å². The van der Waals surface area contributed by atoms with Gasteiger partial charge in [-0.25, -0.2) is 9.45 Å². The number of hydrogen-bond donors (Lipinski definition) is 1. The zero-order valence-corrected chi connectivity index (χ0v) is 19.9. The number of carbonyl (C=O) groups excluding carboxylic acids is 1. The SMILES string of the molecule is Cc1c2c(c(Nc3ccccc3F)n(C)c1=O)C(=O)N(OCCOC(C)(C)C)CC2Br. The average Bonchev–Trinajstić information content (AvgIpc) is 2.69. The molecule has 1 aromatic heterocycles. The van der Waals surface area contributed by atoms with Crippen LogP contribution in [0.15, 0.2) is 29.1 Å². The standard InChI is InChI=1S/C22H27BrFN3O4/c1-13-17-14(23)12-27(31-11-10-30-22(2,3)4)21(29)18(17)19(26(5)20(13)28)25-16-9-7-6-8-15(16)24/h6-9,14,25H,10-12H2,1-5H3. The van der Waals surface area contributed by atoms with Gasteiger partial charge in [0.05, 0.1) is 41.4 Å². The average molecular weight is 496 g/mol. The van der Waals surface area contributed by atoms with Crippen LogP contribution in [0.1, 0.15) is 47.1 Å². The van der Waals surface area contributed by atoms with Crippen molar-refractivity contribution in [2.24, 2.45) is 7.05 Å². The first-order valence-electron chi connectivity index (χ1n) is 9.99. The number of fused-ring (bicyclic) bond motifs is 1. The largest absolute Gasteiger partial charge is 0.373 e. The maximum atomic E-state index is 14.3. The smallest absolute Gasteiger partial charge is 0.281 e. The number of halogens is 2. The molecule has 0 bridgehead atoms. The molecule has 0 aliphatic carbocycles. The number of hydrogen-bond acceptors (Lipinski definition) is 5. The molecule has 1 atom stereocenters. The summed E-state index contributed by atoms with van der Waals surface area (Å²) in [5.41, 5.74) is 0.904. The zero-order chi connectivity index (χ0) is 22.9. The van der Waals surface area contributed by atoms with Gasteiger partial charge in [-0.3, -0.25) is 19.0 Å². The second kappa shape index (κ2) is 9.10. The molecule has 9 heteroatoms. The van der Waals surface area contributed by atoms with Gasteiger partial charge in [0.2, 0.25) is 0 Å². The van der Waals surface area contributed by atoms with Gasteiger partial charge in [-0.05, 0) is 45.4 Å². The van der Waals surface area contributed by atoms with E-state index in [0.717, 1.165) is 0 Å². The van der Waals surface area contributed by atoms with E-state index >= 15 is 0 Å². The molecule has 1 aliphatic rings. The molecule has 1 aromatic carbocycles. The van der Waals surface area contributed by atoms with Crippen LogP contribution in [-0.4, -0.2) is 40.9 Å². The van der Waals surface area contributed by atoms with Crippen molar-refractivity contribution in [3.05, 3.63) is 57.1 Å². The molecule has 1 N–H and O–H groups in total. The summed E-state index contributed by atoms with van der Waals surface area (Å²) in [4.78, 5) is 31.5. The van der Waals surface area contributed by atoms with E-state index in [1.165, 1.54) is 15.7 Å². The summed E-state index contributed by atoms with van der Waals surface area (Å²) in [6, 6.07) is 6.09. The Hall–Kier alpha value is -2.23. The van der Waals surface area contributed by atoms with Crippen LogP contribution >= 0.6 is 15.9 Å². The fourth-order valence-corrected chi connectivity index (χ4v) is 4.28. The predicted octanol–water partition coefficient (Wildman–Crippen LogP) is 4.21. The number of carbonyl (C=O) groups is 1. The monoisotopic (exact) mass is 495 g/mol. The maximum Gasteiger partial charge on any atom is 0.281 e. The normalized spacial score (nSPS) is 16.4. The number of para-hydroxylation sites is 1. The fraction of sp³-hybridized carbons (Fsp3) is 0.455. The van der Waals surface area contributed by atoms with Crippen molar-refractivity contribution < 1.29 is 18.8 Å². The second-order valence-electron chi connectivity index (χ2n) is 8.36. The second-order valence-corrected chi connectivity index (χ2v) is 9.46. The molecule has 31 heavy (non-hydrogen) atoms. The highest BCUT2D eigenvalue weighted by Gasteiger charge is 2.37. The Morgan fingerprint density at radius 1 is 1.23 bits per heavy atom. The minimum absolute atomic E-state index is 0.166. The summed E-state index contributed by atoms with van der Waals surface area (Å²) in [7, 11) is 1.55. The van der Waals surface area contributed by atoms with E-state index in [-0.39, 0.29) is 46.2 Å². The molecule has 0 saturated carbocycles. The van der Waals surface area contributed by atoms with Crippen molar-refractivity contribution in [2.45, 2.75) is 38.1 Å². The van der Waals surface area contributed by atoms with Gasteiger partial charge < -0.3 is 10.1 Å². The van der Waals surface area contributed by atoms with Crippen molar-refractivity contribution in [3.63, 3.8) is 0 Å². The summed E-state index contributed by atoms with van der Waals surface area (Å²) in [6.07, 6.45) is 0. The van der Waals surface area contributed by atoms with E-state index in [2.05, 4.69) is 21.2 Å². The van der Waals surface area contributed by atoms with Crippen LogP contribution in [0.2, 0.25) is 0 Å². The van der Waals surface area contributed by atoms with Crippen molar-refractivity contribution in [1.82, 2.24) is 9.63 Å². The van der Waals surface area contributed by atoms with Crippen molar-refractivity contribution in [2.75, 3.05) is 25.1 Å². The molecule has 0 radical (unpaired) electrons. The third kappa shape index (κ3) is 4.99. The Morgan fingerprint density at radius 2 is 1.90 bits per heavy atom. The predicted molar refractivity (Wildman–Crippen MR) is 120 cm³/mol. The topological polar surface area (TPSA) is 72.8 Å². The zero-order valence-electron chi connectivity index (χ0n) is 18.3. The number of nitrogens with zero attached hydrogens (tertiary/aromatic N) is 2. The third-order valence-electron chi connectivity index (χ3n) is 4.94. The van der Waals surface area contributed by atoms with Gasteiger partial charge in [-0.1, -0.05) is 28.1 Å². The van der Waals surface area contributed by atoms with Crippen LogP contribution < -0.4 is 10.9 Å². The Kier molecular flexibility index (Phi) is 6.88. The lowest BCUT2D eigenvalue weighted by molar-refractivity contribution is -0.148. The Morgan fingerprint density at radius 3 is 2.55 bits per heavy atom. The van der Waals surface area contributed by atoms with Crippen molar-refractivity contribution in [3.8, 4) is 0 Å². The Bertz CT molecular complexity index is 1050. The maximum absolute atomic E-state index is 14.3. The molecule has 3 rings (SSSR count). The molecular weight excluding hydrogens is 469 g/mol. The van der Waals surface area contributed by atoms with Crippen molar-refractivity contribution in [1.29, 1.82) is 0 Å². The van der Waals surface area contributed by atoms with Gasteiger partial charge >= 0.3 is 0 Å². The quantitative estimate of drug-likeness (QED) is 0.479. The van der Waals surface area contributed by atoms with E-state index in [1.54, 1.807) is 32.2 Å². The molecule has 2 heterocycles. The highest BCUT2D eigenvalue weighted by molar-refractivity contribution is 9.09. The van der Waals surface area contributed by atoms with Gasteiger partial charge in [-0.2, -0.15) is 0 Å². The first-order valence-corrected chi connectivity index (χ1v) is 10.9. The van der Waals surface area contributed by atoms with Crippen LogP contribution in [0.3, 0.4) is 0 Å². The van der Waals surface area contributed by atoms with E-state index in [1.807, 2.05) is 20.8 Å². The number of pyridine rings is 1. The third-order valence-corrected chi connectivity index (χ3v) is 5.69. The number of anilines is 2. The molecular formula is C22H27BrFN3O4. The van der Waals surface area contributed by atoms with Crippen LogP contribution in [0.5, 0.6) is 0 Å². The summed E-state index contributed by atoms with van der Waals surface area (Å²) >= 11 is 3.58. The Balaban J connectivity index is 1.98. The summed E-state index contributed by atoms with van der Waals surface area (Å²) in [5.74, 6) is -0.682. The van der Waals surface area contributed by atoms with Gasteiger partial charge in [0.1, 0.15) is 11.6 Å². The minimum Gasteiger partial charge on any atom is -0.373 e. The lowest BCUT2D eigenvalue weighted by atomic mass is 9.96. The minimum atomic E-state index is -0.490. The molecule has 2 aromatic rings. The summed E-state index contributed by atoms with van der Waals surface area (Å²) in [5, 5.41) is 4.19. The van der Waals surface area contributed by atoms with Gasteiger partial charge in [0, 0.05) is 12.6 Å². The number of ether oxygens (including phenoxy) is 1. The van der Waals surface area contributed by atoms with Crippen LogP contribution in [0, 0.1) is 12.7 Å². The van der Waals surface area contributed by atoms with E-state index in [4.69, 9.17) is 9.57 Å². The number of hydroxylamine groups is 2. The first kappa shape index (κ1) is 23.4. The molecule has 1 unspecified atom stereocenters. The summed E-state index contributed by atoms with van der Waals surface area (Å²) < 4.78 is 21.2.